The lowest BCUT2D eigenvalue weighted by Crippen LogP contribution is -2.41. The Morgan fingerprint density at radius 3 is 2.79 bits per heavy atom. The number of para-hydroxylation sites is 1. The SMILES string of the molecule is Cc1nccn1CC(=O)N1CC(F)(F)C[C@H]1COc1ccccc1. The Hall–Kier alpha value is -2.44. The second-order valence-electron chi connectivity index (χ2n) is 5.96. The first-order valence-electron chi connectivity index (χ1n) is 7.77. The minimum absolute atomic E-state index is 0.00372. The minimum atomic E-state index is -2.88. The average Bonchev–Trinajstić information content (AvgIpc) is 3.09. The Labute approximate surface area is 138 Å². The molecule has 0 N–H and O–H groups in total. The summed E-state index contributed by atoms with van der Waals surface area (Å²) in [4.78, 5) is 17.7. The monoisotopic (exact) mass is 335 g/mol. The van der Waals surface area contributed by atoms with Crippen molar-refractivity contribution in [2.75, 3.05) is 13.2 Å². The molecule has 3 rings (SSSR count). The molecule has 1 fully saturated rings. The number of amides is 1. The Morgan fingerprint density at radius 2 is 2.12 bits per heavy atom. The summed E-state index contributed by atoms with van der Waals surface area (Å²) in [6.45, 7) is 1.25. The third-order valence-corrected chi connectivity index (χ3v) is 4.11. The zero-order valence-corrected chi connectivity index (χ0v) is 13.4. The molecule has 0 spiro atoms. The van der Waals surface area contributed by atoms with Crippen LogP contribution < -0.4 is 4.74 Å². The molecule has 0 unspecified atom stereocenters. The van der Waals surface area contributed by atoms with E-state index in [2.05, 4.69) is 4.98 Å². The van der Waals surface area contributed by atoms with E-state index >= 15 is 0 Å². The fourth-order valence-corrected chi connectivity index (χ4v) is 2.86. The van der Waals surface area contributed by atoms with E-state index in [1.165, 1.54) is 4.90 Å². The van der Waals surface area contributed by atoms with Crippen molar-refractivity contribution >= 4 is 5.91 Å². The molecule has 1 atom stereocenters. The lowest BCUT2D eigenvalue weighted by molar-refractivity contribution is -0.134. The van der Waals surface area contributed by atoms with E-state index < -0.39 is 18.5 Å². The van der Waals surface area contributed by atoms with Gasteiger partial charge in [0.05, 0.1) is 12.6 Å². The Bertz CT molecular complexity index is 703. The summed E-state index contributed by atoms with van der Waals surface area (Å²) in [5, 5.41) is 0. The van der Waals surface area contributed by atoms with E-state index in [1.54, 1.807) is 36.0 Å². The van der Waals surface area contributed by atoms with Crippen LogP contribution in [0.25, 0.3) is 0 Å². The topological polar surface area (TPSA) is 47.4 Å². The summed E-state index contributed by atoms with van der Waals surface area (Å²) in [5.74, 6) is -1.96. The maximum Gasteiger partial charge on any atom is 0.267 e. The molecule has 0 aliphatic carbocycles. The Kier molecular flexibility index (Phi) is 4.51. The lowest BCUT2D eigenvalue weighted by Gasteiger charge is -2.24. The molecule has 7 heteroatoms. The molecule has 2 aromatic rings. The molecule has 0 saturated carbocycles. The van der Waals surface area contributed by atoms with Crippen LogP contribution in [0.4, 0.5) is 8.78 Å². The van der Waals surface area contributed by atoms with E-state index in [1.807, 2.05) is 18.2 Å². The first kappa shape index (κ1) is 16.4. The van der Waals surface area contributed by atoms with Crippen LogP contribution in [-0.4, -0.2) is 45.5 Å². The molecule has 0 radical (unpaired) electrons. The van der Waals surface area contributed by atoms with Crippen LogP contribution in [-0.2, 0) is 11.3 Å². The number of ether oxygens (including phenoxy) is 1. The van der Waals surface area contributed by atoms with Gasteiger partial charge < -0.3 is 14.2 Å². The number of hydrogen-bond acceptors (Lipinski definition) is 3. The first-order valence-corrected chi connectivity index (χ1v) is 7.77. The number of aryl methyl sites for hydroxylation is 1. The van der Waals surface area contributed by atoms with Crippen LogP contribution in [0.3, 0.4) is 0 Å². The summed E-state index contributed by atoms with van der Waals surface area (Å²) < 4.78 is 34.9. The maximum atomic E-state index is 13.8. The highest BCUT2D eigenvalue weighted by atomic mass is 19.3. The molecule has 1 saturated heterocycles. The van der Waals surface area contributed by atoms with Crippen LogP contribution in [0.5, 0.6) is 5.75 Å². The summed E-state index contributed by atoms with van der Waals surface area (Å²) in [6, 6.07) is 8.34. The van der Waals surface area contributed by atoms with Gasteiger partial charge in [0, 0.05) is 18.8 Å². The van der Waals surface area contributed by atoms with Crippen LogP contribution in [0.15, 0.2) is 42.7 Å². The number of carbonyl (C=O) groups excluding carboxylic acids is 1. The Morgan fingerprint density at radius 1 is 1.38 bits per heavy atom. The quantitative estimate of drug-likeness (QED) is 0.843. The van der Waals surface area contributed by atoms with Crippen LogP contribution >= 0.6 is 0 Å². The standard InChI is InChI=1S/C17H19F2N3O2/c1-13-20-7-8-21(13)10-16(23)22-12-17(18,19)9-14(22)11-24-15-5-3-2-4-6-15/h2-8,14H,9-12H2,1H3/t14-/m0/s1. The first-order chi connectivity index (χ1) is 11.4. The van der Waals surface area contributed by atoms with E-state index in [4.69, 9.17) is 4.74 Å². The number of aromatic nitrogens is 2. The lowest BCUT2D eigenvalue weighted by atomic mass is 10.2. The number of halogens is 2. The normalized spacial score (nSPS) is 19.5. The van der Waals surface area contributed by atoms with Crippen LogP contribution in [0.2, 0.25) is 0 Å². The molecule has 1 aliphatic rings. The summed E-state index contributed by atoms with van der Waals surface area (Å²) >= 11 is 0. The summed E-state index contributed by atoms with van der Waals surface area (Å²) in [7, 11) is 0. The number of benzene rings is 1. The van der Waals surface area contributed by atoms with E-state index in [0.29, 0.717) is 11.6 Å². The average molecular weight is 335 g/mol. The number of alkyl halides is 2. The minimum Gasteiger partial charge on any atom is -0.491 e. The van der Waals surface area contributed by atoms with E-state index in [9.17, 15) is 13.6 Å². The van der Waals surface area contributed by atoms with E-state index in [0.717, 1.165) is 0 Å². The predicted molar refractivity (Wildman–Crippen MR) is 84.0 cm³/mol. The number of imidazole rings is 1. The molecule has 0 bridgehead atoms. The zero-order chi connectivity index (χ0) is 17.2. The van der Waals surface area contributed by atoms with Gasteiger partial charge in [-0.3, -0.25) is 4.79 Å². The largest absolute Gasteiger partial charge is 0.491 e. The van der Waals surface area contributed by atoms with Crippen LogP contribution in [0.1, 0.15) is 12.2 Å². The molecule has 24 heavy (non-hydrogen) atoms. The number of hydrogen-bond donors (Lipinski definition) is 0. The molecule has 2 heterocycles. The van der Waals surface area contributed by atoms with Crippen molar-refractivity contribution in [2.45, 2.75) is 31.9 Å². The molecule has 1 amide bonds. The third-order valence-electron chi connectivity index (χ3n) is 4.11. The van der Waals surface area contributed by atoms with Gasteiger partial charge in [-0.05, 0) is 19.1 Å². The third kappa shape index (κ3) is 3.72. The van der Waals surface area contributed by atoms with Crippen molar-refractivity contribution < 1.29 is 18.3 Å². The van der Waals surface area contributed by atoms with Gasteiger partial charge >= 0.3 is 0 Å². The second kappa shape index (κ2) is 6.59. The number of nitrogens with zero attached hydrogens (tertiary/aromatic N) is 3. The van der Waals surface area contributed by atoms with Crippen LogP contribution in [0, 0.1) is 6.92 Å². The highest BCUT2D eigenvalue weighted by Crippen LogP contribution is 2.32. The highest BCUT2D eigenvalue weighted by Gasteiger charge is 2.47. The van der Waals surface area contributed by atoms with E-state index in [-0.39, 0.29) is 25.5 Å². The summed E-state index contributed by atoms with van der Waals surface area (Å²) in [5.41, 5.74) is 0. The van der Waals surface area contributed by atoms with Gasteiger partial charge in [-0.15, -0.1) is 0 Å². The molecule has 1 aromatic heterocycles. The van der Waals surface area contributed by atoms with Gasteiger partial charge in [0.15, 0.2) is 0 Å². The van der Waals surface area contributed by atoms with Gasteiger partial charge in [0.1, 0.15) is 24.7 Å². The van der Waals surface area contributed by atoms with Gasteiger partial charge in [-0.2, -0.15) is 0 Å². The molecule has 128 valence electrons. The predicted octanol–water partition coefficient (Wildman–Crippen LogP) is 2.51. The molecular weight excluding hydrogens is 316 g/mol. The zero-order valence-electron chi connectivity index (χ0n) is 13.4. The second-order valence-corrected chi connectivity index (χ2v) is 5.96. The number of carbonyl (C=O) groups is 1. The van der Waals surface area contributed by atoms with Crippen molar-refractivity contribution in [1.82, 2.24) is 14.5 Å². The number of rotatable bonds is 5. The fourth-order valence-electron chi connectivity index (χ4n) is 2.86. The highest BCUT2D eigenvalue weighted by molar-refractivity contribution is 5.77. The van der Waals surface area contributed by atoms with Crippen molar-refractivity contribution in [3.05, 3.63) is 48.5 Å². The van der Waals surface area contributed by atoms with Gasteiger partial charge in [0.2, 0.25) is 5.91 Å². The fraction of sp³-hybridized carbons (Fsp3) is 0.412. The van der Waals surface area contributed by atoms with Gasteiger partial charge in [-0.1, -0.05) is 18.2 Å². The van der Waals surface area contributed by atoms with Gasteiger partial charge in [0.25, 0.3) is 5.92 Å². The number of likely N-dealkylation sites (tertiary alicyclic amines) is 1. The maximum absolute atomic E-state index is 13.8. The molecule has 5 nitrogen and oxygen atoms in total. The smallest absolute Gasteiger partial charge is 0.267 e. The molecule has 1 aromatic carbocycles. The van der Waals surface area contributed by atoms with Gasteiger partial charge in [-0.25, -0.2) is 13.8 Å². The molecule has 1 aliphatic heterocycles. The van der Waals surface area contributed by atoms with Crippen molar-refractivity contribution in [3.63, 3.8) is 0 Å². The van der Waals surface area contributed by atoms with Crippen molar-refractivity contribution in [3.8, 4) is 5.75 Å². The van der Waals surface area contributed by atoms with Crippen molar-refractivity contribution in [1.29, 1.82) is 0 Å². The summed E-state index contributed by atoms with van der Waals surface area (Å²) in [6.07, 6.45) is 2.86. The Balaban J connectivity index is 1.67. The molecular formula is C17H19F2N3O2. The van der Waals surface area contributed by atoms with Crippen molar-refractivity contribution in [2.24, 2.45) is 0 Å².